The van der Waals surface area contributed by atoms with Gasteiger partial charge in [0, 0.05) is 22.5 Å². The third kappa shape index (κ3) is 5.08. The number of nitrogens with one attached hydrogen (secondary N) is 2. The second-order valence-electron chi connectivity index (χ2n) is 10.9. The van der Waals surface area contributed by atoms with E-state index in [4.69, 9.17) is 39.9 Å². The molecular weight excluding hydrogens is 600 g/mol. The van der Waals surface area contributed by atoms with Gasteiger partial charge in [0.05, 0.1) is 12.4 Å². The van der Waals surface area contributed by atoms with Crippen molar-refractivity contribution in [1.29, 1.82) is 0 Å². The molecule has 0 fully saturated rings. The summed E-state index contributed by atoms with van der Waals surface area (Å²) in [4.78, 5) is 45.6. The average molecular weight is 625 g/mol. The molecule has 8 bridgehead atoms. The van der Waals surface area contributed by atoms with Gasteiger partial charge in [-0.2, -0.15) is 19.9 Å². The zero-order valence-electron chi connectivity index (χ0n) is 25.2. The van der Waals surface area contributed by atoms with E-state index in [2.05, 4.69) is 9.97 Å². The average Bonchev–Trinajstić information content (AvgIpc) is 3.92. The molecule has 0 unspecified atom stereocenters. The van der Waals surface area contributed by atoms with Gasteiger partial charge in [-0.05, 0) is 24.3 Å². The second kappa shape index (κ2) is 11.4. The standard InChI is InChI=1S/C36H24N12/c1-5-13-23(14-6-1)29-31-37-27-21-47(25-17-9-3-10-18-25)36(39-27)46-34-42-30(24-15-7-2-8-16-24)32(44-34)38-28-22-48(26-19-11-4-12-20-26)35(40-28)45-33(41-29)43-31/h1-22H,(H,37,40,43,45)(H,38,39,44,46). The first-order valence-corrected chi connectivity index (χ1v) is 15.2. The normalized spacial score (nSPS) is 11.3. The third-order valence-corrected chi connectivity index (χ3v) is 7.72. The lowest BCUT2D eigenvalue weighted by Gasteiger charge is -2.00. The van der Waals surface area contributed by atoms with Crippen LogP contribution in [-0.2, 0) is 0 Å². The van der Waals surface area contributed by atoms with Crippen molar-refractivity contribution < 1.29 is 0 Å². The second-order valence-corrected chi connectivity index (χ2v) is 10.9. The summed E-state index contributed by atoms with van der Waals surface area (Å²) in [6.07, 6.45) is 3.66. The maximum absolute atomic E-state index is 4.93. The van der Waals surface area contributed by atoms with Gasteiger partial charge in [-0.25, -0.2) is 19.9 Å². The SMILES string of the molecule is c1ccc(-c2nc3nc4nc(cn4-c4ccccc4)nc4[nH]c(nc4-c4ccccc4)nc4nc(cn4-c4ccccc4)nc2[nH]3)cc1. The minimum Gasteiger partial charge on any atom is -0.307 e. The summed E-state index contributed by atoms with van der Waals surface area (Å²) < 4.78 is 3.74. The Hall–Kier alpha value is -7.08. The molecule has 0 radical (unpaired) electrons. The van der Waals surface area contributed by atoms with Crippen LogP contribution in [0.25, 0.3) is 79.6 Å². The molecule has 12 nitrogen and oxygen atoms in total. The highest BCUT2D eigenvalue weighted by molar-refractivity contribution is 5.78. The lowest BCUT2D eigenvalue weighted by atomic mass is 10.2. The van der Waals surface area contributed by atoms with Gasteiger partial charge in [0.2, 0.25) is 23.1 Å². The van der Waals surface area contributed by atoms with Crippen LogP contribution >= 0.6 is 0 Å². The Balaban J connectivity index is 1.42. The fourth-order valence-corrected chi connectivity index (χ4v) is 5.52. The predicted octanol–water partition coefficient (Wildman–Crippen LogP) is 6.72. The molecule has 4 aromatic carbocycles. The minimum absolute atomic E-state index is 0.329. The number of nitrogens with zero attached hydrogens (tertiary/aromatic N) is 10. The summed E-state index contributed by atoms with van der Waals surface area (Å²) in [6, 6.07) is 39.3. The molecule has 5 heterocycles. The monoisotopic (exact) mass is 624 g/mol. The molecule has 228 valence electrons. The summed E-state index contributed by atoms with van der Waals surface area (Å²) in [5.74, 6) is 1.42. The Bertz CT molecular complexity index is 2280. The lowest BCUT2D eigenvalue weighted by Crippen LogP contribution is -1.93. The van der Waals surface area contributed by atoms with E-state index in [0.717, 1.165) is 22.5 Å². The van der Waals surface area contributed by atoms with Crippen molar-refractivity contribution in [2.75, 3.05) is 0 Å². The van der Waals surface area contributed by atoms with Crippen LogP contribution in [0, 0.1) is 0 Å². The van der Waals surface area contributed by atoms with E-state index in [1.165, 1.54) is 0 Å². The Labute approximate surface area is 271 Å². The molecule has 5 aromatic heterocycles. The summed E-state index contributed by atoms with van der Waals surface area (Å²) in [5, 5.41) is 0. The molecule has 0 amide bonds. The number of H-pyrrole nitrogens is 2. The number of benzene rings is 4. The van der Waals surface area contributed by atoms with Crippen LogP contribution in [0.15, 0.2) is 134 Å². The van der Waals surface area contributed by atoms with Crippen molar-refractivity contribution in [1.82, 2.24) is 59.0 Å². The van der Waals surface area contributed by atoms with E-state index in [1.807, 2.05) is 143 Å². The van der Waals surface area contributed by atoms with Crippen LogP contribution in [0.2, 0.25) is 0 Å². The Morgan fingerprint density at radius 3 is 1.15 bits per heavy atom. The number of para-hydroxylation sites is 2. The first-order chi connectivity index (χ1) is 23.7. The van der Waals surface area contributed by atoms with Crippen molar-refractivity contribution in [3.05, 3.63) is 134 Å². The number of aromatic nitrogens is 12. The maximum Gasteiger partial charge on any atom is 0.239 e. The molecule has 0 spiro atoms. The number of fused-ring (bicyclic) bond motifs is 8. The van der Waals surface area contributed by atoms with E-state index in [-0.39, 0.29) is 0 Å². The molecule has 0 aliphatic carbocycles. The van der Waals surface area contributed by atoms with Gasteiger partial charge in [-0.3, -0.25) is 9.13 Å². The molecule has 12 heteroatoms. The summed E-state index contributed by atoms with van der Waals surface area (Å²) in [6.45, 7) is 0. The highest BCUT2D eigenvalue weighted by atomic mass is 15.2. The van der Waals surface area contributed by atoms with Crippen molar-refractivity contribution in [2.24, 2.45) is 0 Å². The summed E-state index contributed by atoms with van der Waals surface area (Å²) >= 11 is 0. The molecule has 9 aromatic rings. The number of hydrogen-bond donors (Lipinski definition) is 2. The van der Waals surface area contributed by atoms with E-state index < -0.39 is 0 Å². The smallest absolute Gasteiger partial charge is 0.239 e. The van der Waals surface area contributed by atoms with E-state index in [1.54, 1.807) is 0 Å². The topological polar surface area (TPSA) is 145 Å². The molecule has 9 rings (SSSR count). The Kier molecular flexibility index (Phi) is 6.46. The molecule has 0 saturated carbocycles. The third-order valence-electron chi connectivity index (χ3n) is 7.72. The van der Waals surface area contributed by atoms with Gasteiger partial charge < -0.3 is 9.97 Å². The number of rotatable bonds is 4. The van der Waals surface area contributed by atoms with Crippen LogP contribution in [0.4, 0.5) is 0 Å². The highest BCUT2D eigenvalue weighted by Gasteiger charge is 2.13. The van der Waals surface area contributed by atoms with Gasteiger partial charge >= 0.3 is 0 Å². The molecular formula is C36H24N12. The zero-order valence-corrected chi connectivity index (χ0v) is 25.2. The quantitative estimate of drug-likeness (QED) is 0.220. The molecule has 48 heavy (non-hydrogen) atoms. The van der Waals surface area contributed by atoms with Crippen LogP contribution < -0.4 is 0 Å². The fourth-order valence-electron chi connectivity index (χ4n) is 5.52. The van der Waals surface area contributed by atoms with Crippen LogP contribution in [-0.4, -0.2) is 59.0 Å². The number of imidazole rings is 4. The van der Waals surface area contributed by atoms with Crippen LogP contribution in [0.5, 0.6) is 0 Å². The molecule has 0 aliphatic heterocycles. The van der Waals surface area contributed by atoms with Crippen molar-refractivity contribution in [3.8, 4) is 33.9 Å². The van der Waals surface area contributed by atoms with E-state index in [0.29, 0.717) is 57.1 Å². The highest BCUT2D eigenvalue weighted by Crippen LogP contribution is 2.24. The largest absolute Gasteiger partial charge is 0.307 e. The molecule has 0 atom stereocenters. The van der Waals surface area contributed by atoms with Crippen molar-refractivity contribution in [3.63, 3.8) is 0 Å². The Morgan fingerprint density at radius 1 is 0.375 bits per heavy atom. The van der Waals surface area contributed by atoms with Gasteiger partial charge in [0.1, 0.15) is 11.4 Å². The van der Waals surface area contributed by atoms with Gasteiger partial charge in [0.15, 0.2) is 22.6 Å². The van der Waals surface area contributed by atoms with E-state index in [9.17, 15) is 0 Å². The summed E-state index contributed by atoms with van der Waals surface area (Å²) in [7, 11) is 0. The predicted molar refractivity (Wildman–Crippen MR) is 183 cm³/mol. The van der Waals surface area contributed by atoms with E-state index >= 15 is 0 Å². The first-order valence-electron chi connectivity index (χ1n) is 15.2. The number of aromatic amines is 2. The van der Waals surface area contributed by atoms with Crippen molar-refractivity contribution >= 4 is 45.7 Å². The lowest BCUT2D eigenvalue weighted by molar-refractivity contribution is 1.07. The number of hydrogen-bond acceptors (Lipinski definition) is 8. The Morgan fingerprint density at radius 2 is 0.750 bits per heavy atom. The van der Waals surface area contributed by atoms with Gasteiger partial charge in [-0.15, -0.1) is 0 Å². The van der Waals surface area contributed by atoms with Crippen LogP contribution in [0.1, 0.15) is 0 Å². The zero-order chi connectivity index (χ0) is 31.9. The molecule has 2 N–H and O–H groups in total. The van der Waals surface area contributed by atoms with Gasteiger partial charge in [0.25, 0.3) is 0 Å². The van der Waals surface area contributed by atoms with Crippen molar-refractivity contribution in [2.45, 2.75) is 0 Å². The van der Waals surface area contributed by atoms with Crippen LogP contribution in [0.3, 0.4) is 0 Å². The summed E-state index contributed by atoms with van der Waals surface area (Å²) in [5.41, 5.74) is 6.55. The molecule has 0 aliphatic rings. The maximum atomic E-state index is 4.93. The first kappa shape index (κ1) is 27.2. The minimum atomic E-state index is 0.329. The van der Waals surface area contributed by atoms with Gasteiger partial charge in [-0.1, -0.05) is 97.1 Å². The fraction of sp³-hybridized carbons (Fsp3) is 0. The molecule has 0 saturated heterocycles.